The summed E-state index contributed by atoms with van der Waals surface area (Å²) in [5, 5.41) is 7.38. The van der Waals surface area contributed by atoms with Gasteiger partial charge < -0.3 is 15.4 Å². The van der Waals surface area contributed by atoms with Gasteiger partial charge in [-0.2, -0.15) is 0 Å². The zero-order valence-electron chi connectivity index (χ0n) is 20.1. The van der Waals surface area contributed by atoms with E-state index in [9.17, 15) is 18.0 Å². The Labute approximate surface area is 219 Å². The quantitative estimate of drug-likeness (QED) is 0.326. The van der Waals surface area contributed by atoms with Crippen molar-refractivity contribution in [3.63, 3.8) is 0 Å². The summed E-state index contributed by atoms with van der Waals surface area (Å²) in [6.45, 7) is 4.16. The average molecular weight is 545 g/mol. The Balaban J connectivity index is 1.54. The second-order valence-corrected chi connectivity index (χ2v) is 12.4. The smallest absolute Gasteiger partial charge is 0.267 e. The molecule has 188 valence electrons. The van der Waals surface area contributed by atoms with Gasteiger partial charge >= 0.3 is 0 Å². The molecular formula is C26H25ClN2O5S2. The first kappa shape index (κ1) is 25.9. The van der Waals surface area contributed by atoms with Crippen LogP contribution < -0.4 is 15.4 Å². The van der Waals surface area contributed by atoms with Gasteiger partial charge in [0.25, 0.3) is 5.91 Å². The molecule has 0 unspecified atom stereocenters. The maximum absolute atomic E-state index is 13.1. The number of hydrogen-bond donors (Lipinski definition) is 2. The van der Waals surface area contributed by atoms with E-state index in [0.29, 0.717) is 17.0 Å². The van der Waals surface area contributed by atoms with Crippen molar-refractivity contribution in [2.24, 2.45) is 0 Å². The van der Waals surface area contributed by atoms with Gasteiger partial charge in [-0.05, 0) is 62.2 Å². The summed E-state index contributed by atoms with van der Waals surface area (Å²) in [7, 11) is -1.93. The van der Waals surface area contributed by atoms with E-state index in [1.807, 2.05) is 18.2 Å². The number of halogens is 1. The Morgan fingerprint density at radius 2 is 1.86 bits per heavy atom. The molecule has 1 aliphatic heterocycles. The summed E-state index contributed by atoms with van der Waals surface area (Å²) >= 11 is 7.06. The molecule has 0 spiro atoms. The van der Waals surface area contributed by atoms with Crippen molar-refractivity contribution in [3.05, 3.63) is 80.5 Å². The van der Waals surface area contributed by atoms with Crippen LogP contribution in [0.2, 0.25) is 5.02 Å². The van der Waals surface area contributed by atoms with Crippen LogP contribution in [0.15, 0.2) is 58.8 Å². The van der Waals surface area contributed by atoms with E-state index in [4.69, 9.17) is 16.3 Å². The number of rotatable bonds is 6. The summed E-state index contributed by atoms with van der Waals surface area (Å²) < 4.78 is 28.9. The van der Waals surface area contributed by atoms with Gasteiger partial charge in [-0.1, -0.05) is 17.7 Å². The minimum absolute atomic E-state index is 0.0769. The molecule has 0 aliphatic carbocycles. The van der Waals surface area contributed by atoms with Crippen molar-refractivity contribution in [2.75, 3.05) is 18.7 Å². The topological polar surface area (TPSA) is 102 Å². The molecule has 0 bridgehead atoms. The zero-order valence-corrected chi connectivity index (χ0v) is 22.5. The van der Waals surface area contributed by atoms with E-state index >= 15 is 0 Å². The normalized spacial score (nSPS) is 15.6. The van der Waals surface area contributed by atoms with Crippen molar-refractivity contribution in [3.8, 4) is 5.75 Å². The van der Waals surface area contributed by atoms with Crippen LogP contribution in [0.4, 0.5) is 5.69 Å². The van der Waals surface area contributed by atoms with Crippen molar-refractivity contribution in [2.45, 2.75) is 30.7 Å². The van der Waals surface area contributed by atoms with Gasteiger partial charge in [-0.3, -0.25) is 9.59 Å². The number of sulfone groups is 1. The van der Waals surface area contributed by atoms with Crippen LogP contribution in [0.3, 0.4) is 0 Å². The van der Waals surface area contributed by atoms with Crippen LogP contribution in [0.25, 0.3) is 5.70 Å². The summed E-state index contributed by atoms with van der Waals surface area (Å²) in [4.78, 5) is 25.7. The fraction of sp³-hybridized carbons (Fsp3) is 0.231. The monoisotopic (exact) mass is 544 g/mol. The van der Waals surface area contributed by atoms with Crippen LogP contribution >= 0.6 is 22.9 Å². The van der Waals surface area contributed by atoms with Gasteiger partial charge in [0.15, 0.2) is 15.6 Å². The Morgan fingerprint density at radius 1 is 1.17 bits per heavy atom. The first-order valence-electron chi connectivity index (χ1n) is 11.0. The largest absolute Gasteiger partial charge is 0.497 e. The van der Waals surface area contributed by atoms with Crippen molar-refractivity contribution in [1.82, 2.24) is 5.32 Å². The number of methoxy groups -OCH3 is 1. The molecule has 10 heteroatoms. The maximum Gasteiger partial charge on any atom is 0.267 e. The molecule has 7 nitrogen and oxygen atoms in total. The highest BCUT2D eigenvalue weighted by atomic mass is 35.5. The third-order valence-electron chi connectivity index (χ3n) is 5.72. The number of fused-ring (bicyclic) bond motifs is 1. The fourth-order valence-electron chi connectivity index (χ4n) is 4.00. The molecular weight excluding hydrogens is 520 g/mol. The maximum atomic E-state index is 13.1. The van der Waals surface area contributed by atoms with Gasteiger partial charge in [-0.15, -0.1) is 11.3 Å². The van der Waals surface area contributed by atoms with Crippen LogP contribution in [-0.2, 0) is 16.3 Å². The third-order valence-corrected chi connectivity index (χ3v) is 8.59. The van der Waals surface area contributed by atoms with E-state index in [1.165, 1.54) is 5.38 Å². The molecule has 0 atom stereocenters. The van der Waals surface area contributed by atoms with E-state index in [-0.39, 0.29) is 26.1 Å². The lowest BCUT2D eigenvalue weighted by Gasteiger charge is -2.35. The highest BCUT2D eigenvalue weighted by Crippen LogP contribution is 2.33. The third kappa shape index (κ3) is 5.48. The Bertz CT molecular complexity index is 1490. The number of ether oxygens (including phenoxy) is 1. The second kappa shape index (κ2) is 9.72. The SMILES string of the molecule is COc1ccc2c(c1)/C(=C/C(=O)c1ccc(NC(=O)c3scc(S(C)(=O)=O)c3Cl)cc1)NC(C)(C)C2. The molecule has 2 aromatic carbocycles. The molecule has 3 aromatic rings. The number of nitrogens with one attached hydrogen (secondary N) is 2. The number of carbonyl (C=O) groups is 2. The van der Waals surface area contributed by atoms with Crippen LogP contribution in [0, 0.1) is 0 Å². The first-order valence-corrected chi connectivity index (χ1v) is 14.1. The molecule has 2 N–H and O–H groups in total. The predicted molar refractivity (Wildman–Crippen MR) is 143 cm³/mol. The van der Waals surface area contributed by atoms with E-state index < -0.39 is 15.7 Å². The summed E-state index contributed by atoms with van der Waals surface area (Å²) in [6.07, 6.45) is 3.42. The minimum atomic E-state index is -3.53. The fourth-order valence-corrected chi connectivity index (χ4v) is 6.81. The van der Waals surface area contributed by atoms with Gasteiger partial charge in [0.1, 0.15) is 10.6 Å². The molecule has 36 heavy (non-hydrogen) atoms. The highest BCUT2D eigenvalue weighted by molar-refractivity contribution is 7.91. The first-order chi connectivity index (χ1) is 16.9. The van der Waals surface area contributed by atoms with Crippen molar-refractivity contribution >= 4 is 55.8 Å². The molecule has 0 saturated heterocycles. The zero-order chi connectivity index (χ0) is 26.3. The van der Waals surface area contributed by atoms with Crippen LogP contribution in [-0.4, -0.2) is 39.0 Å². The Kier molecular flexibility index (Phi) is 7.01. The number of thiophene rings is 1. The highest BCUT2D eigenvalue weighted by Gasteiger charge is 2.28. The second-order valence-electron chi connectivity index (χ2n) is 9.18. The lowest BCUT2D eigenvalue weighted by molar-refractivity contribution is 0.102. The van der Waals surface area contributed by atoms with Gasteiger partial charge in [-0.25, -0.2) is 8.42 Å². The van der Waals surface area contributed by atoms with E-state index in [1.54, 1.807) is 37.5 Å². The number of amides is 1. The molecule has 1 amide bonds. The lowest BCUT2D eigenvalue weighted by Crippen LogP contribution is -2.43. The molecule has 4 rings (SSSR count). The number of benzene rings is 2. The number of carbonyl (C=O) groups excluding carboxylic acids is 2. The van der Waals surface area contributed by atoms with Crippen LogP contribution in [0.5, 0.6) is 5.75 Å². The van der Waals surface area contributed by atoms with Crippen LogP contribution in [0.1, 0.15) is 45.0 Å². The van der Waals surface area contributed by atoms with E-state index in [2.05, 4.69) is 24.5 Å². The average Bonchev–Trinajstić information content (AvgIpc) is 3.20. The molecule has 2 heterocycles. The van der Waals surface area contributed by atoms with Crippen molar-refractivity contribution < 1.29 is 22.7 Å². The number of anilines is 1. The lowest BCUT2D eigenvalue weighted by atomic mass is 9.85. The van der Waals surface area contributed by atoms with Gasteiger partial charge in [0, 0.05) is 45.8 Å². The van der Waals surface area contributed by atoms with E-state index in [0.717, 1.165) is 40.8 Å². The molecule has 0 fully saturated rings. The molecule has 0 radical (unpaired) electrons. The predicted octanol–water partition coefficient (Wildman–Crippen LogP) is 5.21. The van der Waals surface area contributed by atoms with Gasteiger partial charge in [0.05, 0.1) is 17.0 Å². The Hall–Kier alpha value is -3.14. The van der Waals surface area contributed by atoms with Gasteiger partial charge in [0.2, 0.25) is 0 Å². The molecule has 1 aliphatic rings. The Morgan fingerprint density at radius 3 is 2.47 bits per heavy atom. The summed E-state index contributed by atoms with van der Waals surface area (Å²) in [6, 6.07) is 12.3. The number of hydrogen-bond acceptors (Lipinski definition) is 7. The summed E-state index contributed by atoms with van der Waals surface area (Å²) in [5.74, 6) is -0.00979. The standard InChI is InChI=1S/C26H25ClN2O5S2/c1-26(2)13-16-7-10-18(34-3)11-19(16)20(29-26)12-21(30)15-5-8-17(9-6-15)28-25(31)24-23(27)22(14-35-24)36(4,32)33/h5-12,14,29H,13H2,1-4H3,(H,28,31)/b20-12-. The molecule has 1 aromatic heterocycles. The minimum Gasteiger partial charge on any atom is -0.497 e. The molecule has 0 saturated carbocycles. The van der Waals surface area contributed by atoms with Crippen molar-refractivity contribution in [1.29, 1.82) is 0 Å². The number of ketones is 1. The number of allylic oxidation sites excluding steroid dienone is 1. The summed E-state index contributed by atoms with van der Waals surface area (Å²) in [5.41, 5.74) is 3.44.